The third kappa shape index (κ3) is 4.14. The van der Waals surface area contributed by atoms with Crippen molar-refractivity contribution in [2.75, 3.05) is 11.9 Å². The highest BCUT2D eigenvalue weighted by Gasteiger charge is 2.04. The Hall–Kier alpha value is -1.82. The SMILES string of the molecule is NC(=O)NC(=O)CNc1cc(F)cc(Cl)c1. The van der Waals surface area contributed by atoms with E-state index in [1.54, 1.807) is 0 Å². The number of primary amides is 1. The van der Waals surface area contributed by atoms with Crippen LogP contribution in [0.15, 0.2) is 18.2 Å². The van der Waals surface area contributed by atoms with E-state index < -0.39 is 17.8 Å². The maximum absolute atomic E-state index is 12.9. The molecule has 0 unspecified atom stereocenters. The van der Waals surface area contributed by atoms with Crippen molar-refractivity contribution in [1.82, 2.24) is 5.32 Å². The molecule has 5 nitrogen and oxygen atoms in total. The summed E-state index contributed by atoms with van der Waals surface area (Å²) in [6.45, 7) is -0.206. The van der Waals surface area contributed by atoms with Crippen LogP contribution in [0.1, 0.15) is 0 Å². The number of nitrogens with two attached hydrogens (primary N) is 1. The zero-order chi connectivity index (χ0) is 12.1. The van der Waals surface area contributed by atoms with Crippen molar-refractivity contribution in [3.05, 3.63) is 29.0 Å². The van der Waals surface area contributed by atoms with Gasteiger partial charge in [-0.2, -0.15) is 0 Å². The Morgan fingerprint density at radius 1 is 1.38 bits per heavy atom. The summed E-state index contributed by atoms with van der Waals surface area (Å²) in [6, 6.07) is 2.81. The van der Waals surface area contributed by atoms with Gasteiger partial charge in [0.25, 0.3) is 0 Å². The lowest BCUT2D eigenvalue weighted by Crippen LogP contribution is -2.38. The van der Waals surface area contributed by atoms with Crippen LogP contribution in [-0.2, 0) is 4.79 Å². The van der Waals surface area contributed by atoms with Crippen LogP contribution in [0, 0.1) is 5.82 Å². The molecule has 0 aliphatic heterocycles. The third-order valence-corrected chi connectivity index (χ3v) is 1.80. The Morgan fingerprint density at radius 2 is 2.06 bits per heavy atom. The summed E-state index contributed by atoms with van der Waals surface area (Å²) in [5.41, 5.74) is 5.07. The van der Waals surface area contributed by atoms with Gasteiger partial charge in [0.05, 0.1) is 6.54 Å². The van der Waals surface area contributed by atoms with Crippen molar-refractivity contribution >= 4 is 29.2 Å². The topological polar surface area (TPSA) is 84.2 Å². The van der Waals surface area contributed by atoms with Crippen molar-refractivity contribution in [3.63, 3.8) is 0 Å². The molecule has 0 aliphatic rings. The molecule has 0 radical (unpaired) electrons. The van der Waals surface area contributed by atoms with Crippen molar-refractivity contribution in [2.45, 2.75) is 0 Å². The average molecular weight is 246 g/mol. The molecule has 86 valence electrons. The zero-order valence-corrected chi connectivity index (χ0v) is 8.84. The molecule has 0 aliphatic carbocycles. The Balaban J connectivity index is 2.54. The zero-order valence-electron chi connectivity index (χ0n) is 8.09. The molecular weight excluding hydrogens is 237 g/mol. The van der Waals surface area contributed by atoms with Gasteiger partial charge in [0, 0.05) is 10.7 Å². The second-order valence-corrected chi connectivity index (χ2v) is 3.36. The van der Waals surface area contributed by atoms with Crippen LogP contribution in [0.4, 0.5) is 14.9 Å². The lowest BCUT2D eigenvalue weighted by atomic mass is 10.3. The molecule has 3 amide bonds. The number of urea groups is 1. The van der Waals surface area contributed by atoms with Gasteiger partial charge < -0.3 is 11.1 Å². The van der Waals surface area contributed by atoms with Crippen molar-refractivity contribution in [1.29, 1.82) is 0 Å². The Morgan fingerprint density at radius 3 is 2.62 bits per heavy atom. The van der Waals surface area contributed by atoms with Gasteiger partial charge >= 0.3 is 6.03 Å². The molecule has 0 atom stereocenters. The molecule has 0 spiro atoms. The van der Waals surface area contributed by atoms with Crippen LogP contribution in [0.25, 0.3) is 0 Å². The number of rotatable bonds is 3. The van der Waals surface area contributed by atoms with Crippen molar-refractivity contribution < 1.29 is 14.0 Å². The molecule has 16 heavy (non-hydrogen) atoms. The highest BCUT2D eigenvalue weighted by molar-refractivity contribution is 6.30. The van der Waals surface area contributed by atoms with Gasteiger partial charge in [-0.1, -0.05) is 11.6 Å². The number of hydrogen-bond donors (Lipinski definition) is 3. The fourth-order valence-electron chi connectivity index (χ4n) is 1.02. The molecule has 1 aromatic carbocycles. The van der Waals surface area contributed by atoms with Crippen LogP contribution < -0.4 is 16.4 Å². The van der Waals surface area contributed by atoms with Crippen LogP contribution in [-0.4, -0.2) is 18.5 Å². The van der Waals surface area contributed by atoms with E-state index in [0.29, 0.717) is 5.69 Å². The monoisotopic (exact) mass is 245 g/mol. The van der Waals surface area contributed by atoms with Gasteiger partial charge in [-0.3, -0.25) is 10.1 Å². The van der Waals surface area contributed by atoms with Crippen LogP contribution in [0.2, 0.25) is 5.02 Å². The largest absolute Gasteiger partial charge is 0.376 e. The summed E-state index contributed by atoms with van der Waals surface area (Å²) >= 11 is 5.60. The van der Waals surface area contributed by atoms with E-state index in [1.165, 1.54) is 12.1 Å². The fraction of sp³-hybridized carbons (Fsp3) is 0.111. The third-order valence-electron chi connectivity index (χ3n) is 1.58. The summed E-state index contributed by atoms with van der Waals surface area (Å²) < 4.78 is 12.9. The van der Waals surface area contributed by atoms with E-state index >= 15 is 0 Å². The Bertz CT molecular complexity index is 405. The van der Waals surface area contributed by atoms with E-state index in [-0.39, 0.29) is 11.6 Å². The van der Waals surface area contributed by atoms with Gasteiger partial charge in [-0.25, -0.2) is 9.18 Å². The van der Waals surface area contributed by atoms with Crippen LogP contribution >= 0.6 is 11.6 Å². The maximum Gasteiger partial charge on any atom is 0.318 e. The number of hydrogen-bond acceptors (Lipinski definition) is 3. The summed E-state index contributed by atoms with van der Waals surface area (Å²) in [4.78, 5) is 21.3. The number of carbonyl (C=O) groups is 2. The molecule has 0 heterocycles. The molecule has 0 bridgehead atoms. The number of benzene rings is 1. The molecule has 4 N–H and O–H groups in total. The predicted molar refractivity (Wildman–Crippen MR) is 57.6 cm³/mol. The van der Waals surface area contributed by atoms with Crippen molar-refractivity contribution in [2.24, 2.45) is 5.73 Å². The van der Waals surface area contributed by atoms with Crippen molar-refractivity contribution in [3.8, 4) is 0 Å². The quantitative estimate of drug-likeness (QED) is 0.745. The standard InChI is InChI=1S/C9H9ClFN3O2/c10-5-1-6(11)3-7(2-5)13-4-8(15)14-9(12)16/h1-3,13H,4H2,(H3,12,14,15,16). The van der Waals surface area contributed by atoms with Gasteiger partial charge in [0.2, 0.25) is 5.91 Å². The highest BCUT2D eigenvalue weighted by Crippen LogP contribution is 2.17. The number of nitrogens with one attached hydrogen (secondary N) is 2. The maximum atomic E-state index is 12.9. The molecule has 7 heteroatoms. The molecule has 1 rings (SSSR count). The minimum absolute atomic E-state index is 0.206. The predicted octanol–water partition coefficient (Wildman–Crippen LogP) is 1.09. The second kappa shape index (κ2) is 5.32. The summed E-state index contributed by atoms with van der Waals surface area (Å²) in [5, 5.41) is 4.65. The second-order valence-electron chi connectivity index (χ2n) is 2.92. The normalized spacial score (nSPS) is 9.62. The summed E-state index contributed by atoms with van der Waals surface area (Å²) in [7, 11) is 0. The molecule has 0 aromatic heterocycles. The van der Waals surface area contributed by atoms with Gasteiger partial charge in [-0.05, 0) is 18.2 Å². The van der Waals surface area contributed by atoms with E-state index in [9.17, 15) is 14.0 Å². The first-order chi connectivity index (χ1) is 7.47. The van der Waals surface area contributed by atoms with Gasteiger partial charge in [0.15, 0.2) is 0 Å². The number of anilines is 1. The smallest absolute Gasteiger partial charge is 0.318 e. The first-order valence-electron chi connectivity index (χ1n) is 4.26. The molecule has 1 aromatic rings. The minimum atomic E-state index is -0.941. The minimum Gasteiger partial charge on any atom is -0.376 e. The number of halogens is 2. The Kier molecular flexibility index (Phi) is 4.07. The molecular formula is C9H9ClFN3O2. The summed E-state index contributed by atoms with van der Waals surface area (Å²) in [5.74, 6) is -1.14. The molecule has 0 saturated carbocycles. The summed E-state index contributed by atoms with van der Waals surface area (Å²) in [6.07, 6.45) is 0. The molecule has 0 saturated heterocycles. The lowest BCUT2D eigenvalue weighted by molar-refractivity contribution is -0.118. The number of amides is 3. The Labute approximate surface area is 95.8 Å². The average Bonchev–Trinajstić information content (AvgIpc) is 2.12. The van der Waals surface area contributed by atoms with E-state index in [2.05, 4.69) is 5.32 Å². The van der Waals surface area contributed by atoms with Gasteiger partial charge in [0.1, 0.15) is 5.82 Å². The highest BCUT2D eigenvalue weighted by atomic mass is 35.5. The van der Waals surface area contributed by atoms with Crippen LogP contribution in [0.5, 0.6) is 0 Å². The first kappa shape index (κ1) is 12.3. The van der Waals surface area contributed by atoms with E-state index in [0.717, 1.165) is 6.07 Å². The lowest BCUT2D eigenvalue weighted by Gasteiger charge is -2.06. The molecule has 0 fully saturated rings. The fourth-order valence-corrected chi connectivity index (χ4v) is 1.24. The number of carbonyl (C=O) groups excluding carboxylic acids is 2. The van der Waals surface area contributed by atoms with E-state index in [4.69, 9.17) is 17.3 Å². The number of imide groups is 1. The first-order valence-corrected chi connectivity index (χ1v) is 4.64. The van der Waals surface area contributed by atoms with Gasteiger partial charge in [-0.15, -0.1) is 0 Å². The van der Waals surface area contributed by atoms with Crippen LogP contribution in [0.3, 0.4) is 0 Å². The van der Waals surface area contributed by atoms with E-state index in [1.807, 2.05) is 5.32 Å².